The Labute approximate surface area is 167 Å². The molecule has 25 heavy (non-hydrogen) atoms. The second-order valence-corrected chi connectivity index (χ2v) is 6.95. The van der Waals surface area contributed by atoms with E-state index in [0.29, 0.717) is 18.5 Å². The van der Waals surface area contributed by atoms with Crippen molar-refractivity contribution in [3.63, 3.8) is 0 Å². The van der Waals surface area contributed by atoms with E-state index in [-0.39, 0.29) is 24.0 Å². The van der Waals surface area contributed by atoms with Crippen molar-refractivity contribution >= 4 is 29.9 Å². The average molecular weight is 462 g/mol. The number of hydrogen-bond acceptors (Lipinski definition) is 4. The van der Waals surface area contributed by atoms with Crippen molar-refractivity contribution < 1.29 is 4.74 Å². The second kappa shape index (κ2) is 10.3. The number of aromatic nitrogens is 3. The van der Waals surface area contributed by atoms with Gasteiger partial charge in [0.1, 0.15) is 12.4 Å². The van der Waals surface area contributed by atoms with Gasteiger partial charge in [0, 0.05) is 32.8 Å². The van der Waals surface area contributed by atoms with Crippen molar-refractivity contribution in [3.05, 3.63) is 11.6 Å². The van der Waals surface area contributed by atoms with Crippen LogP contribution < -0.4 is 10.6 Å². The number of guanidine groups is 1. The molecule has 7 nitrogen and oxygen atoms in total. The Morgan fingerprint density at radius 2 is 1.92 bits per heavy atom. The zero-order valence-electron chi connectivity index (χ0n) is 15.3. The average Bonchev–Trinajstić information content (AvgIpc) is 3.22. The first-order chi connectivity index (χ1) is 11.7. The molecule has 1 aromatic rings. The second-order valence-electron chi connectivity index (χ2n) is 6.95. The molecule has 1 aliphatic carbocycles. The predicted molar refractivity (Wildman–Crippen MR) is 109 cm³/mol. The van der Waals surface area contributed by atoms with E-state index in [1.165, 1.54) is 25.7 Å². The summed E-state index contributed by atoms with van der Waals surface area (Å²) in [5, 5.41) is 15.4. The van der Waals surface area contributed by atoms with E-state index in [9.17, 15) is 0 Å². The minimum Gasteiger partial charge on any atom is -0.381 e. The SMILES string of the molecule is Cc1nnc(CN=C(NCC2CCOCC2)NC2CCCC2)n1C.I. The Kier molecular flexibility index (Phi) is 8.41. The summed E-state index contributed by atoms with van der Waals surface area (Å²) in [6.45, 7) is 5.23. The third-order valence-electron chi connectivity index (χ3n) is 5.16. The molecule has 0 spiro atoms. The first kappa shape index (κ1) is 20.4. The van der Waals surface area contributed by atoms with Gasteiger partial charge in [-0.1, -0.05) is 12.8 Å². The number of nitrogens with one attached hydrogen (secondary N) is 2. The molecule has 0 radical (unpaired) electrons. The first-order valence-electron chi connectivity index (χ1n) is 9.20. The quantitative estimate of drug-likeness (QED) is 0.399. The molecule has 8 heteroatoms. The summed E-state index contributed by atoms with van der Waals surface area (Å²) < 4.78 is 7.44. The van der Waals surface area contributed by atoms with Crippen LogP contribution in [0, 0.1) is 12.8 Å². The van der Waals surface area contributed by atoms with Crippen LogP contribution in [0.4, 0.5) is 0 Å². The van der Waals surface area contributed by atoms with Crippen LogP contribution in [-0.2, 0) is 18.3 Å². The summed E-state index contributed by atoms with van der Waals surface area (Å²) in [6.07, 6.45) is 7.36. The molecule has 142 valence electrons. The maximum absolute atomic E-state index is 5.44. The number of rotatable bonds is 5. The fourth-order valence-electron chi connectivity index (χ4n) is 3.35. The smallest absolute Gasteiger partial charge is 0.191 e. The van der Waals surface area contributed by atoms with E-state index in [1.54, 1.807) is 0 Å². The maximum Gasteiger partial charge on any atom is 0.191 e. The molecular formula is C17H31IN6O. The Morgan fingerprint density at radius 1 is 1.20 bits per heavy atom. The molecule has 2 N–H and O–H groups in total. The van der Waals surface area contributed by atoms with Gasteiger partial charge in [0.2, 0.25) is 0 Å². The largest absolute Gasteiger partial charge is 0.381 e. The zero-order valence-corrected chi connectivity index (χ0v) is 17.7. The summed E-state index contributed by atoms with van der Waals surface area (Å²) in [7, 11) is 1.99. The van der Waals surface area contributed by atoms with Crippen LogP contribution in [0.1, 0.15) is 50.2 Å². The van der Waals surface area contributed by atoms with Crippen LogP contribution in [-0.4, -0.2) is 46.5 Å². The van der Waals surface area contributed by atoms with E-state index in [2.05, 4.69) is 20.8 Å². The van der Waals surface area contributed by atoms with Crippen LogP contribution in [0.2, 0.25) is 0 Å². The van der Waals surface area contributed by atoms with Gasteiger partial charge in [-0.25, -0.2) is 4.99 Å². The number of nitrogens with zero attached hydrogens (tertiary/aromatic N) is 4. The molecule has 2 heterocycles. The van der Waals surface area contributed by atoms with Gasteiger partial charge in [0.15, 0.2) is 11.8 Å². The molecule has 1 saturated carbocycles. The summed E-state index contributed by atoms with van der Waals surface area (Å²) in [5.41, 5.74) is 0. The maximum atomic E-state index is 5.44. The zero-order chi connectivity index (χ0) is 16.8. The summed E-state index contributed by atoms with van der Waals surface area (Å²) >= 11 is 0. The summed E-state index contributed by atoms with van der Waals surface area (Å²) in [6, 6.07) is 0.548. The Balaban J connectivity index is 0.00000225. The number of hydrogen-bond donors (Lipinski definition) is 2. The number of aliphatic imine (C=N–C) groups is 1. The van der Waals surface area contributed by atoms with E-state index >= 15 is 0 Å². The van der Waals surface area contributed by atoms with Crippen LogP contribution >= 0.6 is 24.0 Å². The number of ether oxygens (including phenoxy) is 1. The van der Waals surface area contributed by atoms with Gasteiger partial charge in [0.05, 0.1) is 0 Å². The van der Waals surface area contributed by atoms with Crippen molar-refractivity contribution in [2.75, 3.05) is 19.8 Å². The molecule has 0 aromatic carbocycles. The number of halogens is 1. The monoisotopic (exact) mass is 462 g/mol. The van der Waals surface area contributed by atoms with Crippen molar-refractivity contribution in [1.82, 2.24) is 25.4 Å². The molecule has 1 aliphatic heterocycles. The molecule has 1 saturated heterocycles. The van der Waals surface area contributed by atoms with Crippen molar-refractivity contribution in [1.29, 1.82) is 0 Å². The molecule has 2 fully saturated rings. The van der Waals surface area contributed by atoms with Crippen LogP contribution in [0.25, 0.3) is 0 Å². The minimum absolute atomic E-state index is 0. The highest BCUT2D eigenvalue weighted by atomic mass is 127. The molecule has 0 amide bonds. The van der Waals surface area contributed by atoms with E-state index < -0.39 is 0 Å². The van der Waals surface area contributed by atoms with Crippen LogP contribution in [0.5, 0.6) is 0 Å². The summed E-state index contributed by atoms with van der Waals surface area (Å²) in [4.78, 5) is 4.76. The van der Waals surface area contributed by atoms with Crippen molar-refractivity contribution in [3.8, 4) is 0 Å². The fraction of sp³-hybridized carbons (Fsp3) is 0.824. The summed E-state index contributed by atoms with van der Waals surface area (Å²) in [5.74, 6) is 3.40. The normalized spacial score (nSPS) is 19.7. The number of aryl methyl sites for hydroxylation is 1. The standard InChI is InChI=1S/C17H30N6O.HI/c1-13-21-22-16(23(13)2)12-19-17(20-15-5-3-4-6-15)18-11-14-7-9-24-10-8-14;/h14-15H,3-12H2,1-2H3,(H2,18,19,20);1H. The lowest BCUT2D eigenvalue weighted by molar-refractivity contribution is 0.0675. The molecular weight excluding hydrogens is 431 g/mol. The van der Waals surface area contributed by atoms with Gasteiger partial charge < -0.3 is 19.9 Å². The molecule has 2 aliphatic rings. The van der Waals surface area contributed by atoms with Crippen molar-refractivity contribution in [2.24, 2.45) is 18.0 Å². The molecule has 0 bridgehead atoms. The molecule has 0 unspecified atom stereocenters. The Morgan fingerprint density at radius 3 is 2.56 bits per heavy atom. The van der Waals surface area contributed by atoms with Gasteiger partial charge in [0.25, 0.3) is 0 Å². The van der Waals surface area contributed by atoms with Gasteiger partial charge in [-0.3, -0.25) is 0 Å². The van der Waals surface area contributed by atoms with Crippen LogP contribution in [0.3, 0.4) is 0 Å². The van der Waals surface area contributed by atoms with E-state index in [1.807, 2.05) is 18.5 Å². The molecule has 3 rings (SSSR count). The topological polar surface area (TPSA) is 76.4 Å². The Hall–Kier alpha value is -0.900. The lowest BCUT2D eigenvalue weighted by Crippen LogP contribution is -2.44. The highest BCUT2D eigenvalue weighted by Crippen LogP contribution is 2.18. The molecule has 1 aromatic heterocycles. The highest BCUT2D eigenvalue weighted by Gasteiger charge is 2.18. The Bertz CT molecular complexity index is 549. The lowest BCUT2D eigenvalue weighted by Gasteiger charge is -2.24. The molecule has 0 atom stereocenters. The third kappa shape index (κ3) is 6.09. The third-order valence-corrected chi connectivity index (χ3v) is 5.16. The lowest BCUT2D eigenvalue weighted by atomic mass is 10.0. The fourth-order valence-corrected chi connectivity index (χ4v) is 3.35. The first-order valence-corrected chi connectivity index (χ1v) is 9.20. The van der Waals surface area contributed by atoms with Gasteiger partial charge in [-0.15, -0.1) is 34.2 Å². The van der Waals surface area contributed by atoms with Gasteiger partial charge in [-0.2, -0.15) is 0 Å². The predicted octanol–water partition coefficient (Wildman–Crippen LogP) is 2.15. The van der Waals surface area contributed by atoms with E-state index in [0.717, 1.165) is 50.2 Å². The van der Waals surface area contributed by atoms with Crippen LogP contribution in [0.15, 0.2) is 4.99 Å². The van der Waals surface area contributed by atoms with Gasteiger partial charge in [-0.05, 0) is 38.5 Å². The highest BCUT2D eigenvalue weighted by molar-refractivity contribution is 14.0. The van der Waals surface area contributed by atoms with E-state index in [4.69, 9.17) is 9.73 Å². The van der Waals surface area contributed by atoms with Gasteiger partial charge >= 0.3 is 0 Å². The van der Waals surface area contributed by atoms with Crippen molar-refractivity contribution in [2.45, 2.75) is 58.0 Å². The minimum atomic E-state index is 0.